The molecule has 0 unspecified atom stereocenters. The molecule has 0 aromatic heterocycles. The first kappa shape index (κ1) is 16.3. The van der Waals surface area contributed by atoms with Crippen LogP contribution in [0.2, 0.25) is 0 Å². The SMILES string of the molecule is COC(=O)C1CCN(C(=O)c2ccc(N(C)C)c(C)c2)CC1. The molecular formula is C17H24N2O3. The molecule has 1 amide bonds. The standard InChI is InChI=1S/C17H24N2O3/c1-12-11-14(5-6-15(12)18(2)3)16(20)19-9-7-13(8-10-19)17(21)22-4/h5-6,11,13H,7-10H2,1-4H3. The van der Waals surface area contributed by atoms with E-state index in [0.717, 1.165) is 11.3 Å². The fourth-order valence-electron chi connectivity index (χ4n) is 2.96. The fraction of sp³-hybridized carbons (Fsp3) is 0.529. The van der Waals surface area contributed by atoms with Crippen molar-refractivity contribution < 1.29 is 14.3 Å². The van der Waals surface area contributed by atoms with Gasteiger partial charge in [0.15, 0.2) is 0 Å². The first-order valence-electron chi connectivity index (χ1n) is 7.59. The quantitative estimate of drug-likeness (QED) is 0.802. The van der Waals surface area contributed by atoms with Crippen LogP contribution >= 0.6 is 0 Å². The third-order valence-corrected chi connectivity index (χ3v) is 4.24. The number of rotatable bonds is 3. The van der Waals surface area contributed by atoms with Gasteiger partial charge in [-0.3, -0.25) is 9.59 Å². The number of hydrogen-bond donors (Lipinski definition) is 0. The van der Waals surface area contributed by atoms with Crippen LogP contribution in [-0.4, -0.2) is 51.1 Å². The van der Waals surface area contributed by atoms with E-state index in [0.29, 0.717) is 31.5 Å². The summed E-state index contributed by atoms with van der Waals surface area (Å²) in [5.41, 5.74) is 2.90. The molecule has 1 heterocycles. The zero-order valence-electron chi connectivity index (χ0n) is 13.8. The molecule has 1 aromatic carbocycles. The van der Waals surface area contributed by atoms with E-state index >= 15 is 0 Å². The molecule has 0 spiro atoms. The molecule has 1 aromatic rings. The second-order valence-corrected chi connectivity index (χ2v) is 5.99. The molecule has 0 radical (unpaired) electrons. The van der Waals surface area contributed by atoms with Gasteiger partial charge in [0.25, 0.3) is 5.91 Å². The lowest BCUT2D eigenvalue weighted by molar-refractivity contribution is -0.146. The van der Waals surface area contributed by atoms with Crippen molar-refractivity contribution in [3.63, 3.8) is 0 Å². The highest BCUT2D eigenvalue weighted by molar-refractivity contribution is 5.95. The van der Waals surface area contributed by atoms with E-state index in [1.165, 1.54) is 7.11 Å². The molecular weight excluding hydrogens is 280 g/mol. The van der Waals surface area contributed by atoms with Crippen molar-refractivity contribution in [3.8, 4) is 0 Å². The van der Waals surface area contributed by atoms with Crippen molar-refractivity contribution in [2.24, 2.45) is 5.92 Å². The summed E-state index contributed by atoms with van der Waals surface area (Å²) >= 11 is 0. The molecule has 1 fully saturated rings. The molecule has 2 rings (SSSR count). The van der Waals surface area contributed by atoms with Crippen molar-refractivity contribution in [2.75, 3.05) is 39.2 Å². The average molecular weight is 304 g/mol. The first-order chi connectivity index (χ1) is 10.4. The molecule has 120 valence electrons. The van der Waals surface area contributed by atoms with Crippen molar-refractivity contribution in [2.45, 2.75) is 19.8 Å². The summed E-state index contributed by atoms with van der Waals surface area (Å²) in [7, 11) is 5.39. The Morgan fingerprint density at radius 3 is 2.36 bits per heavy atom. The summed E-state index contributed by atoms with van der Waals surface area (Å²) < 4.78 is 4.77. The lowest BCUT2D eigenvalue weighted by atomic mass is 9.96. The third-order valence-electron chi connectivity index (χ3n) is 4.24. The van der Waals surface area contributed by atoms with Crippen molar-refractivity contribution in [1.29, 1.82) is 0 Å². The van der Waals surface area contributed by atoms with E-state index in [2.05, 4.69) is 0 Å². The number of piperidine rings is 1. The van der Waals surface area contributed by atoms with Gasteiger partial charge < -0.3 is 14.5 Å². The molecule has 1 aliphatic rings. The van der Waals surface area contributed by atoms with Crippen molar-refractivity contribution in [3.05, 3.63) is 29.3 Å². The lowest BCUT2D eigenvalue weighted by Gasteiger charge is -2.31. The van der Waals surface area contributed by atoms with Gasteiger partial charge in [-0.25, -0.2) is 0 Å². The average Bonchev–Trinajstić information content (AvgIpc) is 2.53. The highest BCUT2D eigenvalue weighted by atomic mass is 16.5. The number of esters is 1. The molecule has 22 heavy (non-hydrogen) atoms. The van der Waals surface area contributed by atoms with Gasteiger partial charge in [0.1, 0.15) is 0 Å². The normalized spacial score (nSPS) is 15.5. The Balaban J connectivity index is 2.04. The predicted molar refractivity (Wildman–Crippen MR) is 86.1 cm³/mol. The van der Waals surface area contributed by atoms with Crippen LogP contribution in [0.15, 0.2) is 18.2 Å². The van der Waals surface area contributed by atoms with Crippen LogP contribution in [0.5, 0.6) is 0 Å². The van der Waals surface area contributed by atoms with E-state index in [1.807, 2.05) is 49.0 Å². The number of hydrogen-bond acceptors (Lipinski definition) is 4. The zero-order valence-corrected chi connectivity index (χ0v) is 13.8. The lowest BCUT2D eigenvalue weighted by Crippen LogP contribution is -2.40. The van der Waals surface area contributed by atoms with Gasteiger partial charge in [0, 0.05) is 38.4 Å². The molecule has 0 N–H and O–H groups in total. The van der Waals surface area contributed by atoms with Gasteiger partial charge in [0.2, 0.25) is 0 Å². The van der Waals surface area contributed by atoms with Gasteiger partial charge in [-0.05, 0) is 43.5 Å². The van der Waals surface area contributed by atoms with Gasteiger partial charge in [-0.1, -0.05) is 0 Å². The zero-order chi connectivity index (χ0) is 16.3. The minimum absolute atomic E-state index is 0.0386. The summed E-state index contributed by atoms with van der Waals surface area (Å²) in [5.74, 6) is -0.207. The second-order valence-electron chi connectivity index (χ2n) is 5.99. The Bertz CT molecular complexity index is 561. The fourth-order valence-corrected chi connectivity index (χ4v) is 2.96. The minimum Gasteiger partial charge on any atom is -0.469 e. The van der Waals surface area contributed by atoms with Gasteiger partial charge in [-0.15, -0.1) is 0 Å². The monoisotopic (exact) mass is 304 g/mol. The van der Waals surface area contributed by atoms with Crippen LogP contribution in [0.3, 0.4) is 0 Å². The Morgan fingerprint density at radius 2 is 1.86 bits per heavy atom. The summed E-state index contributed by atoms with van der Waals surface area (Å²) in [6, 6.07) is 5.78. The van der Waals surface area contributed by atoms with Crippen molar-refractivity contribution in [1.82, 2.24) is 4.90 Å². The summed E-state index contributed by atoms with van der Waals surface area (Å²) in [4.78, 5) is 28.0. The number of aryl methyl sites for hydroxylation is 1. The molecule has 0 bridgehead atoms. The van der Waals surface area contributed by atoms with Crippen LogP contribution in [0, 0.1) is 12.8 Å². The maximum absolute atomic E-state index is 12.6. The van der Waals surface area contributed by atoms with Gasteiger partial charge in [0.05, 0.1) is 13.0 Å². The smallest absolute Gasteiger partial charge is 0.308 e. The third kappa shape index (κ3) is 3.40. The molecule has 0 aliphatic carbocycles. The molecule has 1 saturated heterocycles. The predicted octanol–water partition coefficient (Wildman–Crippen LogP) is 2.09. The number of nitrogens with zero attached hydrogens (tertiary/aromatic N) is 2. The Labute approximate surface area is 131 Å². The Kier molecular flexibility index (Phi) is 5.06. The number of likely N-dealkylation sites (tertiary alicyclic amines) is 1. The first-order valence-corrected chi connectivity index (χ1v) is 7.59. The van der Waals surface area contributed by atoms with Crippen molar-refractivity contribution >= 4 is 17.6 Å². The number of methoxy groups -OCH3 is 1. The summed E-state index contributed by atoms with van der Waals surface area (Å²) in [6.45, 7) is 3.22. The summed E-state index contributed by atoms with van der Waals surface area (Å²) in [5, 5.41) is 0. The van der Waals surface area contributed by atoms with Crippen LogP contribution in [0.1, 0.15) is 28.8 Å². The van der Waals surface area contributed by atoms with Gasteiger partial charge >= 0.3 is 5.97 Å². The maximum atomic E-state index is 12.6. The largest absolute Gasteiger partial charge is 0.469 e. The van der Waals surface area contributed by atoms with E-state index in [-0.39, 0.29) is 17.8 Å². The maximum Gasteiger partial charge on any atom is 0.308 e. The van der Waals surface area contributed by atoms with E-state index in [1.54, 1.807) is 0 Å². The molecule has 1 aliphatic heterocycles. The van der Waals surface area contributed by atoms with Gasteiger partial charge in [-0.2, -0.15) is 0 Å². The highest BCUT2D eigenvalue weighted by Gasteiger charge is 2.28. The number of ether oxygens (including phenoxy) is 1. The number of anilines is 1. The second kappa shape index (κ2) is 6.81. The van der Waals surface area contributed by atoms with Crippen LogP contribution in [0.4, 0.5) is 5.69 Å². The molecule has 0 atom stereocenters. The number of carbonyl (C=O) groups excluding carboxylic acids is 2. The van der Waals surface area contributed by atoms with Crippen LogP contribution in [-0.2, 0) is 9.53 Å². The van der Waals surface area contributed by atoms with E-state index < -0.39 is 0 Å². The number of benzene rings is 1. The number of carbonyl (C=O) groups is 2. The number of amides is 1. The molecule has 5 heteroatoms. The van der Waals surface area contributed by atoms with Crippen LogP contribution < -0.4 is 4.90 Å². The minimum atomic E-state index is -0.168. The highest BCUT2D eigenvalue weighted by Crippen LogP contribution is 2.23. The van der Waals surface area contributed by atoms with Crippen LogP contribution in [0.25, 0.3) is 0 Å². The van der Waals surface area contributed by atoms with E-state index in [9.17, 15) is 9.59 Å². The molecule has 0 saturated carbocycles. The molecule has 5 nitrogen and oxygen atoms in total. The Morgan fingerprint density at radius 1 is 1.23 bits per heavy atom. The van der Waals surface area contributed by atoms with E-state index in [4.69, 9.17) is 4.74 Å². The summed E-state index contributed by atoms with van der Waals surface area (Å²) in [6.07, 6.45) is 1.35. The topological polar surface area (TPSA) is 49.9 Å². The Hall–Kier alpha value is -2.04.